The molecule has 8 nitrogen and oxygen atoms in total. The molecule has 3 rings (SSSR count). The van der Waals surface area contributed by atoms with E-state index in [4.69, 9.17) is 0 Å². The molecule has 0 aliphatic heterocycles. The topological polar surface area (TPSA) is 115 Å². The van der Waals surface area contributed by atoms with Crippen molar-refractivity contribution in [2.75, 3.05) is 16.5 Å². The molecule has 0 saturated carbocycles. The maximum atomic E-state index is 13.8. The standard InChI is InChI=1S/C18H17FN6O2S/c1-11-6-7-14(13(19)8-11)21-16(27)10-28-18-22-17(24-25-18)23-20-9-12-4-2-3-5-15(12)26/h2-9,26H,10H2,1H3,(H,21,27)(H2,22,23,24,25)/b20-9+. The number of rotatable bonds is 7. The van der Waals surface area contributed by atoms with Gasteiger partial charge in [-0.15, -0.1) is 5.10 Å². The third kappa shape index (κ3) is 5.30. The first-order valence-corrected chi connectivity index (χ1v) is 9.18. The van der Waals surface area contributed by atoms with Crippen molar-refractivity contribution in [3.8, 4) is 5.75 Å². The van der Waals surface area contributed by atoms with Crippen LogP contribution in [0.2, 0.25) is 0 Å². The molecule has 0 bridgehead atoms. The maximum absolute atomic E-state index is 13.8. The van der Waals surface area contributed by atoms with E-state index in [2.05, 4.69) is 31.0 Å². The summed E-state index contributed by atoms with van der Waals surface area (Å²) in [6, 6.07) is 11.3. The fraction of sp³-hybridized carbons (Fsp3) is 0.111. The van der Waals surface area contributed by atoms with Gasteiger partial charge in [0.05, 0.1) is 17.7 Å². The predicted molar refractivity (Wildman–Crippen MR) is 106 cm³/mol. The van der Waals surface area contributed by atoms with Crippen molar-refractivity contribution in [2.24, 2.45) is 5.10 Å². The number of aromatic amines is 1. The molecule has 144 valence electrons. The average Bonchev–Trinajstić information content (AvgIpc) is 3.12. The van der Waals surface area contributed by atoms with Gasteiger partial charge in [-0.1, -0.05) is 30.0 Å². The Morgan fingerprint density at radius 2 is 2.18 bits per heavy atom. The van der Waals surface area contributed by atoms with E-state index in [0.717, 1.165) is 17.3 Å². The highest BCUT2D eigenvalue weighted by molar-refractivity contribution is 7.99. The van der Waals surface area contributed by atoms with Crippen molar-refractivity contribution in [1.29, 1.82) is 0 Å². The fourth-order valence-electron chi connectivity index (χ4n) is 2.16. The lowest BCUT2D eigenvalue weighted by Crippen LogP contribution is -2.15. The molecular weight excluding hydrogens is 383 g/mol. The number of carbonyl (C=O) groups is 1. The molecule has 0 aliphatic rings. The van der Waals surface area contributed by atoms with Gasteiger partial charge in [-0.05, 0) is 36.8 Å². The molecule has 1 amide bonds. The van der Waals surface area contributed by atoms with Gasteiger partial charge in [0.15, 0.2) is 0 Å². The van der Waals surface area contributed by atoms with Crippen LogP contribution in [0.5, 0.6) is 5.75 Å². The van der Waals surface area contributed by atoms with Crippen LogP contribution in [-0.2, 0) is 4.79 Å². The van der Waals surface area contributed by atoms with E-state index in [1.165, 1.54) is 18.3 Å². The number of aryl methyl sites for hydroxylation is 1. The summed E-state index contributed by atoms with van der Waals surface area (Å²) in [7, 11) is 0. The number of thioether (sulfide) groups is 1. The number of halogens is 1. The highest BCUT2D eigenvalue weighted by atomic mass is 32.2. The predicted octanol–water partition coefficient (Wildman–Crippen LogP) is 3.13. The van der Waals surface area contributed by atoms with Crippen molar-refractivity contribution >= 4 is 35.5 Å². The van der Waals surface area contributed by atoms with Gasteiger partial charge < -0.3 is 10.4 Å². The van der Waals surface area contributed by atoms with Crippen LogP contribution in [0.4, 0.5) is 16.0 Å². The molecule has 0 spiro atoms. The van der Waals surface area contributed by atoms with E-state index < -0.39 is 5.82 Å². The largest absolute Gasteiger partial charge is 0.507 e. The second kappa shape index (κ2) is 9.00. The molecule has 10 heteroatoms. The third-order valence-electron chi connectivity index (χ3n) is 3.51. The SMILES string of the molecule is Cc1ccc(NC(=O)CSc2n[nH]c(N/N=C/c3ccccc3O)n2)c(F)c1. The highest BCUT2D eigenvalue weighted by Gasteiger charge is 2.10. The summed E-state index contributed by atoms with van der Waals surface area (Å²) in [5, 5.41) is 23.0. The fourth-order valence-corrected chi connectivity index (χ4v) is 2.76. The van der Waals surface area contributed by atoms with Crippen molar-refractivity contribution in [3.05, 3.63) is 59.4 Å². The average molecular weight is 400 g/mol. The Morgan fingerprint density at radius 3 is 2.96 bits per heavy atom. The van der Waals surface area contributed by atoms with Crippen LogP contribution in [0.25, 0.3) is 0 Å². The number of H-pyrrole nitrogens is 1. The normalized spacial score (nSPS) is 10.9. The van der Waals surface area contributed by atoms with Crippen molar-refractivity contribution in [2.45, 2.75) is 12.1 Å². The zero-order valence-corrected chi connectivity index (χ0v) is 15.6. The molecule has 1 aromatic heterocycles. The van der Waals surface area contributed by atoms with E-state index in [9.17, 15) is 14.3 Å². The van der Waals surface area contributed by atoms with Crippen molar-refractivity contribution in [1.82, 2.24) is 15.2 Å². The first-order valence-electron chi connectivity index (χ1n) is 8.19. The number of anilines is 2. The Bertz CT molecular complexity index is 1010. The molecule has 28 heavy (non-hydrogen) atoms. The zero-order chi connectivity index (χ0) is 19.9. The number of amides is 1. The number of benzene rings is 2. The number of aromatic nitrogens is 3. The quantitative estimate of drug-likeness (QED) is 0.275. The number of carbonyl (C=O) groups excluding carboxylic acids is 1. The minimum Gasteiger partial charge on any atom is -0.507 e. The number of hydrazone groups is 1. The molecule has 0 radical (unpaired) electrons. The molecule has 3 aromatic rings. The summed E-state index contributed by atoms with van der Waals surface area (Å²) < 4.78 is 13.8. The summed E-state index contributed by atoms with van der Waals surface area (Å²) in [6.07, 6.45) is 1.44. The Balaban J connectivity index is 1.49. The van der Waals surface area contributed by atoms with Gasteiger partial charge in [-0.25, -0.2) is 14.9 Å². The van der Waals surface area contributed by atoms with Gasteiger partial charge in [0.2, 0.25) is 17.0 Å². The van der Waals surface area contributed by atoms with Crippen molar-refractivity contribution in [3.63, 3.8) is 0 Å². The summed E-state index contributed by atoms with van der Waals surface area (Å²) in [4.78, 5) is 16.1. The van der Waals surface area contributed by atoms with E-state index in [1.54, 1.807) is 37.3 Å². The number of nitrogens with zero attached hydrogens (tertiary/aromatic N) is 3. The summed E-state index contributed by atoms with van der Waals surface area (Å²) >= 11 is 1.09. The van der Waals surface area contributed by atoms with Crippen LogP contribution >= 0.6 is 11.8 Å². The molecule has 0 fully saturated rings. The van der Waals surface area contributed by atoms with Gasteiger partial charge in [0.1, 0.15) is 11.6 Å². The van der Waals surface area contributed by atoms with E-state index in [-0.39, 0.29) is 29.0 Å². The number of phenolic OH excluding ortho intramolecular Hbond substituents is 1. The molecule has 0 aliphatic carbocycles. The molecule has 0 atom stereocenters. The van der Waals surface area contributed by atoms with Crippen LogP contribution < -0.4 is 10.7 Å². The molecule has 1 heterocycles. The van der Waals surface area contributed by atoms with Gasteiger partial charge >= 0.3 is 0 Å². The highest BCUT2D eigenvalue weighted by Crippen LogP contribution is 2.18. The number of hydrogen-bond acceptors (Lipinski definition) is 7. The summed E-state index contributed by atoms with van der Waals surface area (Å²) in [5.41, 5.74) is 4.10. The van der Waals surface area contributed by atoms with E-state index in [1.807, 2.05) is 0 Å². The van der Waals surface area contributed by atoms with Crippen LogP contribution in [-0.4, -0.2) is 38.2 Å². The Hall–Kier alpha value is -3.40. The Morgan fingerprint density at radius 1 is 1.36 bits per heavy atom. The monoisotopic (exact) mass is 400 g/mol. The third-order valence-corrected chi connectivity index (χ3v) is 4.35. The lowest BCUT2D eigenvalue weighted by atomic mass is 10.2. The van der Waals surface area contributed by atoms with E-state index in [0.29, 0.717) is 10.7 Å². The number of hydrogen-bond donors (Lipinski definition) is 4. The first kappa shape index (κ1) is 19.4. The number of aromatic hydroxyl groups is 1. The minimum atomic E-state index is -0.481. The summed E-state index contributed by atoms with van der Waals surface area (Å²) in [6.45, 7) is 1.77. The summed E-state index contributed by atoms with van der Waals surface area (Å²) in [5.74, 6) is -0.446. The molecule has 2 aromatic carbocycles. The van der Waals surface area contributed by atoms with Gasteiger partial charge in [0.25, 0.3) is 0 Å². The lowest BCUT2D eigenvalue weighted by Gasteiger charge is -2.06. The van der Waals surface area contributed by atoms with E-state index >= 15 is 0 Å². The number of para-hydroxylation sites is 1. The maximum Gasteiger partial charge on any atom is 0.240 e. The molecular formula is C18H17FN6O2S. The Labute approximate surface area is 164 Å². The molecule has 0 saturated heterocycles. The smallest absolute Gasteiger partial charge is 0.240 e. The van der Waals surface area contributed by atoms with Crippen LogP contribution in [0.15, 0.2) is 52.7 Å². The second-order valence-electron chi connectivity index (χ2n) is 5.72. The van der Waals surface area contributed by atoms with Gasteiger partial charge in [-0.3, -0.25) is 4.79 Å². The van der Waals surface area contributed by atoms with Crippen LogP contribution in [0.3, 0.4) is 0 Å². The minimum absolute atomic E-state index is 0.0196. The van der Waals surface area contributed by atoms with Crippen LogP contribution in [0.1, 0.15) is 11.1 Å². The number of nitrogens with one attached hydrogen (secondary N) is 3. The lowest BCUT2D eigenvalue weighted by molar-refractivity contribution is -0.113. The van der Waals surface area contributed by atoms with Crippen LogP contribution in [0, 0.1) is 12.7 Å². The second-order valence-corrected chi connectivity index (χ2v) is 6.66. The molecule has 0 unspecified atom stereocenters. The van der Waals surface area contributed by atoms with Gasteiger partial charge in [-0.2, -0.15) is 10.1 Å². The number of phenols is 1. The Kier molecular flexibility index (Phi) is 6.22. The first-order chi connectivity index (χ1) is 13.5. The van der Waals surface area contributed by atoms with Gasteiger partial charge in [0, 0.05) is 5.56 Å². The van der Waals surface area contributed by atoms with Crippen molar-refractivity contribution < 1.29 is 14.3 Å². The molecule has 4 N–H and O–H groups in total. The zero-order valence-electron chi connectivity index (χ0n) is 14.8.